The van der Waals surface area contributed by atoms with Crippen molar-refractivity contribution in [1.29, 1.82) is 0 Å². The summed E-state index contributed by atoms with van der Waals surface area (Å²) in [5, 5.41) is 0.271. The molecule has 6 heteroatoms. The van der Waals surface area contributed by atoms with Gasteiger partial charge in [0.25, 0.3) is 0 Å². The fourth-order valence-corrected chi connectivity index (χ4v) is 7.16. The Labute approximate surface area is 253 Å². The second kappa shape index (κ2) is 19.3. The van der Waals surface area contributed by atoms with Crippen LogP contribution in [0.2, 0.25) is 0 Å². The number of benzene rings is 1. The van der Waals surface area contributed by atoms with Gasteiger partial charge in [0, 0.05) is 0 Å². The Morgan fingerprint density at radius 2 is 1.02 bits per heavy atom. The minimum absolute atomic E-state index is 0.195. The minimum atomic E-state index is -4.55. The molecule has 1 aromatic carbocycles. The summed E-state index contributed by atoms with van der Waals surface area (Å²) in [6, 6.07) is 3.83. The van der Waals surface area contributed by atoms with E-state index in [-0.39, 0.29) is 17.7 Å². The summed E-state index contributed by atoms with van der Waals surface area (Å²) in [5.41, 5.74) is 1.60. The average molecular weight is 597 g/mol. The molecule has 0 bridgehead atoms. The third kappa shape index (κ3) is 16.4. The molecule has 0 unspecified atom stereocenters. The molecular formula is C35H65O5P. The van der Waals surface area contributed by atoms with Crippen LogP contribution in [0, 0.1) is 0 Å². The molecule has 0 spiro atoms. The summed E-state index contributed by atoms with van der Waals surface area (Å²) in [6.07, 6.45) is 21.9. The van der Waals surface area contributed by atoms with E-state index in [1.54, 1.807) is 0 Å². The molecule has 1 aromatic rings. The molecule has 5 nitrogen and oxygen atoms in total. The van der Waals surface area contributed by atoms with E-state index in [4.69, 9.17) is 4.74 Å². The van der Waals surface area contributed by atoms with Crippen molar-refractivity contribution >= 4 is 19.2 Å². The molecule has 41 heavy (non-hydrogen) atoms. The predicted octanol–water partition coefficient (Wildman–Crippen LogP) is 9.12. The van der Waals surface area contributed by atoms with Crippen LogP contribution < -0.4 is 5.30 Å². The van der Waals surface area contributed by atoms with Gasteiger partial charge in [-0.2, -0.15) is 0 Å². The van der Waals surface area contributed by atoms with Crippen molar-refractivity contribution in [3.63, 3.8) is 0 Å². The van der Waals surface area contributed by atoms with Gasteiger partial charge >= 0.3 is 163 Å². The van der Waals surface area contributed by atoms with Gasteiger partial charge in [-0.15, -0.1) is 0 Å². The van der Waals surface area contributed by atoms with E-state index in [0.717, 1.165) is 29.5 Å². The number of ether oxygens (including phenoxy) is 1. The van der Waals surface area contributed by atoms with E-state index in [9.17, 15) is 19.5 Å². The van der Waals surface area contributed by atoms with Crippen LogP contribution in [0.25, 0.3) is 0 Å². The van der Waals surface area contributed by atoms with Gasteiger partial charge in [0.2, 0.25) is 0 Å². The van der Waals surface area contributed by atoms with Crippen molar-refractivity contribution in [2.45, 2.75) is 175 Å². The molecule has 0 fully saturated rings. The Morgan fingerprint density at radius 3 is 1.37 bits per heavy atom. The summed E-state index contributed by atoms with van der Waals surface area (Å²) in [4.78, 5) is 43.4. The Hall–Kier alpha value is -1.00. The molecule has 240 valence electrons. The molecule has 0 radical (unpaired) electrons. The third-order valence-corrected chi connectivity index (χ3v) is 9.24. The SMILES string of the molecule is CCCCCCCCCCCCCCCCCCOC(=O)CCc1cc(C(C)(C)C)c([PH](O)(O)O)c(C(C)(C)C)c1. The number of carbonyl (C=O) groups is 1. The molecule has 0 aliphatic carbocycles. The first-order valence-corrected chi connectivity index (χ1v) is 18.5. The van der Waals surface area contributed by atoms with E-state index in [2.05, 4.69) is 6.92 Å². The van der Waals surface area contributed by atoms with E-state index in [1.807, 2.05) is 53.7 Å². The van der Waals surface area contributed by atoms with Crippen LogP contribution >= 0.6 is 7.94 Å². The summed E-state index contributed by atoms with van der Waals surface area (Å²) in [5.74, 6) is -0.195. The van der Waals surface area contributed by atoms with Crippen molar-refractivity contribution in [1.82, 2.24) is 0 Å². The first-order valence-electron chi connectivity index (χ1n) is 16.7. The molecule has 0 saturated carbocycles. The fraction of sp³-hybridized carbons (Fsp3) is 0.800. The molecule has 1 rings (SSSR count). The Bertz CT molecular complexity index is 826. The van der Waals surface area contributed by atoms with Crippen molar-refractivity contribution in [2.75, 3.05) is 6.61 Å². The summed E-state index contributed by atoms with van der Waals surface area (Å²) < 4.78 is 5.50. The summed E-state index contributed by atoms with van der Waals surface area (Å²) in [6.45, 7) is 14.7. The second-order valence-electron chi connectivity index (χ2n) is 14.2. The van der Waals surface area contributed by atoms with Crippen LogP contribution in [0.5, 0.6) is 0 Å². The Kier molecular flexibility index (Phi) is 17.9. The fourth-order valence-electron chi connectivity index (χ4n) is 5.55. The number of aryl methyl sites for hydroxylation is 1. The van der Waals surface area contributed by atoms with Crippen molar-refractivity contribution in [3.05, 3.63) is 28.8 Å². The van der Waals surface area contributed by atoms with Crippen molar-refractivity contribution in [2.24, 2.45) is 0 Å². The maximum atomic E-state index is 12.4. The topological polar surface area (TPSA) is 87.0 Å². The number of unbranched alkanes of at least 4 members (excludes halogenated alkanes) is 15. The van der Waals surface area contributed by atoms with Gasteiger partial charge in [0.1, 0.15) is 0 Å². The van der Waals surface area contributed by atoms with Gasteiger partial charge in [-0.05, 0) is 0 Å². The van der Waals surface area contributed by atoms with E-state index >= 15 is 0 Å². The van der Waals surface area contributed by atoms with Gasteiger partial charge < -0.3 is 0 Å². The quantitative estimate of drug-likeness (QED) is 0.0748. The molecule has 0 atom stereocenters. The Morgan fingerprint density at radius 1 is 0.659 bits per heavy atom. The van der Waals surface area contributed by atoms with Crippen LogP contribution in [-0.2, 0) is 26.8 Å². The van der Waals surface area contributed by atoms with E-state index in [1.165, 1.54) is 89.9 Å². The van der Waals surface area contributed by atoms with E-state index < -0.39 is 18.8 Å². The number of esters is 1. The molecule has 3 N–H and O–H groups in total. The molecule has 0 aliphatic rings. The summed E-state index contributed by atoms with van der Waals surface area (Å²) in [7, 11) is -4.55. The Balaban J connectivity index is 2.29. The molecular weight excluding hydrogens is 531 g/mol. The van der Waals surface area contributed by atoms with Crippen LogP contribution in [0.15, 0.2) is 12.1 Å². The maximum absolute atomic E-state index is 12.4. The molecule has 0 amide bonds. The predicted molar refractivity (Wildman–Crippen MR) is 177 cm³/mol. The number of hydrogen-bond acceptors (Lipinski definition) is 5. The third-order valence-electron chi connectivity index (χ3n) is 8.03. The molecule has 0 aromatic heterocycles. The molecule has 0 aliphatic heterocycles. The monoisotopic (exact) mass is 596 g/mol. The average Bonchev–Trinajstić information content (AvgIpc) is 2.87. The normalized spacial score (nSPS) is 13.0. The summed E-state index contributed by atoms with van der Waals surface area (Å²) >= 11 is 0. The number of carbonyl (C=O) groups excluding carboxylic acids is 1. The molecule has 0 heterocycles. The zero-order valence-electron chi connectivity index (χ0n) is 27.7. The first kappa shape index (κ1) is 38.0. The van der Waals surface area contributed by atoms with Crippen LogP contribution in [0.1, 0.15) is 174 Å². The first-order chi connectivity index (χ1) is 19.2. The number of hydrogen-bond donors (Lipinski definition) is 3. The van der Waals surface area contributed by atoms with Gasteiger partial charge in [-0.25, -0.2) is 0 Å². The second-order valence-corrected chi connectivity index (χ2v) is 16.0. The van der Waals surface area contributed by atoms with Gasteiger partial charge in [-0.1, -0.05) is 90.4 Å². The molecule has 0 saturated heterocycles. The zero-order chi connectivity index (χ0) is 30.9. The number of rotatable bonds is 21. The van der Waals surface area contributed by atoms with Gasteiger partial charge in [0.05, 0.1) is 0 Å². The van der Waals surface area contributed by atoms with Crippen LogP contribution in [-0.4, -0.2) is 27.3 Å². The van der Waals surface area contributed by atoms with Gasteiger partial charge in [-0.3, -0.25) is 0 Å². The van der Waals surface area contributed by atoms with Crippen molar-refractivity contribution < 1.29 is 24.2 Å². The van der Waals surface area contributed by atoms with Gasteiger partial charge in [0.15, 0.2) is 0 Å². The van der Waals surface area contributed by atoms with E-state index in [0.29, 0.717) is 13.0 Å². The zero-order valence-corrected chi connectivity index (χ0v) is 28.7. The standard InChI is InChI=1S/C35H65O5P/c1-8-9-10-11-12-13-14-15-16-17-18-19-20-21-22-23-26-40-32(36)25-24-29-27-30(34(2,3)4)33(41(37,38)39)31(28-29)35(5,6)7/h27-28,37-39,41H,8-26H2,1-7H3. The van der Waals surface area contributed by atoms with Crippen LogP contribution in [0.4, 0.5) is 0 Å². The van der Waals surface area contributed by atoms with Crippen molar-refractivity contribution in [3.8, 4) is 0 Å². The van der Waals surface area contributed by atoms with Crippen LogP contribution in [0.3, 0.4) is 0 Å².